The Balaban J connectivity index is 1.62. The molecule has 0 radical (unpaired) electrons. The summed E-state index contributed by atoms with van der Waals surface area (Å²) in [6.07, 6.45) is 3.14. The highest BCUT2D eigenvalue weighted by atomic mass is 32.2. The van der Waals surface area contributed by atoms with E-state index in [1.54, 1.807) is 18.3 Å². The van der Waals surface area contributed by atoms with Crippen molar-refractivity contribution in [1.29, 1.82) is 0 Å². The minimum absolute atomic E-state index is 0.104. The van der Waals surface area contributed by atoms with Crippen LogP contribution in [0.4, 0.5) is 0 Å². The van der Waals surface area contributed by atoms with Gasteiger partial charge in [-0.1, -0.05) is 6.07 Å². The molecule has 1 saturated heterocycles. The molecule has 1 aromatic heterocycles. The Morgan fingerprint density at radius 1 is 1.40 bits per heavy atom. The monoisotopic (exact) mass is 380 g/mol. The lowest BCUT2D eigenvalue weighted by Gasteiger charge is -2.12. The lowest BCUT2D eigenvalue weighted by atomic mass is 10.2. The summed E-state index contributed by atoms with van der Waals surface area (Å²) in [5.41, 5.74) is 0.326. The second-order valence-electron chi connectivity index (χ2n) is 5.77. The van der Waals surface area contributed by atoms with Gasteiger partial charge in [-0.15, -0.1) is 11.3 Å². The quantitative estimate of drug-likeness (QED) is 0.658. The van der Waals surface area contributed by atoms with Crippen LogP contribution in [0.25, 0.3) is 0 Å². The van der Waals surface area contributed by atoms with Crippen molar-refractivity contribution in [3.63, 3.8) is 0 Å². The van der Waals surface area contributed by atoms with E-state index in [2.05, 4.69) is 20.3 Å². The van der Waals surface area contributed by atoms with Crippen molar-refractivity contribution in [3.8, 4) is 0 Å². The summed E-state index contributed by atoms with van der Waals surface area (Å²) < 4.78 is 27.6. The molecule has 9 heteroatoms. The maximum absolute atomic E-state index is 12.5. The summed E-state index contributed by atoms with van der Waals surface area (Å²) in [5.74, 6) is -0.295. The first-order valence-electron chi connectivity index (χ1n) is 8.04. The van der Waals surface area contributed by atoms with Crippen LogP contribution in [0.3, 0.4) is 0 Å². The molecule has 2 aromatic rings. The molecule has 0 spiro atoms. The number of benzene rings is 1. The second-order valence-corrected chi connectivity index (χ2v) is 8.46. The first kappa shape index (κ1) is 18.0. The van der Waals surface area contributed by atoms with E-state index in [0.29, 0.717) is 25.1 Å². The van der Waals surface area contributed by atoms with Gasteiger partial charge >= 0.3 is 0 Å². The number of carbonyl (C=O) groups is 1. The van der Waals surface area contributed by atoms with Gasteiger partial charge < -0.3 is 10.6 Å². The molecule has 0 saturated carbocycles. The van der Waals surface area contributed by atoms with E-state index in [9.17, 15) is 13.2 Å². The third kappa shape index (κ3) is 4.85. The molecule has 1 amide bonds. The fourth-order valence-electron chi connectivity index (χ4n) is 2.61. The SMILES string of the molecule is O=C(NCCc1nccs1)c1cccc(S(=O)(=O)N[C@@H]2CCNC2)c1. The number of carbonyl (C=O) groups excluding carboxylic acids is 1. The lowest BCUT2D eigenvalue weighted by molar-refractivity contribution is 0.0954. The Hall–Kier alpha value is -1.81. The molecule has 0 unspecified atom stereocenters. The van der Waals surface area contributed by atoms with Gasteiger partial charge in [0.15, 0.2) is 0 Å². The van der Waals surface area contributed by atoms with E-state index in [0.717, 1.165) is 18.0 Å². The van der Waals surface area contributed by atoms with Crippen molar-refractivity contribution >= 4 is 27.3 Å². The highest BCUT2D eigenvalue weighted by Gasteiger charge is 2.23. The molecule has 1 atom stereocenters. The number of rotatable bonds is 7. The predicted molar refractivity (Wildman–Crippen MR) is 96.2 cm³/mol. The molecule has 1 fully saturated rings. The molecule has 1 aliphatic rings. The van der Waals surface area contributed by atoms with Gasteiger partial charge in [0.2, 0.25) is 10.0 Å². The second kappa shape index (κ2) is 8.05. The standard InChI is InChI=1S/C16H20N4O3S2/c21-16(19-7-5-15-18-8-9-24-15)12-2-1-3-14(10-12)25(22,23)20-13-4-6-17-11-13/h1-3,8-10,13,17,20H,4-7,11H2,(H,19,21)/t13-/m1/s1. The zero-order valence-electron chi connectivity index (χ0n) is 13.6. The number of nitrogens with zero attached hydrogens (tertiary/aromatic N) is 1. The van der Waals surface area contributed by atoms with Crippen LogP contribution >= 0.6 is 11.3 Å². The maximum Gasteiger partial charge on any atom is 0.251 e. The average molecular weight is 380 g/mol. The summed E-state index contributed by atoms with van der Waals surface area (Å²) in [7, 11) is -3.63. The fourth-order valence-corrected chi connectivity index (χ4v) is 4.55. The Morgan fingerprint density at radius 2 is 2.28 bits per heavy atom. The molecular formula is C16H20N4O3S2. The Kier molecular flexibility index (Phi) is 5.79. The van der Waals surface area contributed by atoms with Crippen LogP contribution in [0, 0.1) is 0 Å². The molecule has 0 aliphatic carbocycles. The summed E-state index contributed by atoms with van der Waals surface area (Å²) in [5, 5.41) is 8.74. The molecule has 134 valence electrons. The zero-order valence-corrected chi connectivity index (χ0v) is 15.2. The van der Waals surface area contributed by atoms with E-state index in [4.69, 9.17) is 0 Å². The number of sulfonamides is 1. The van der Waals surface area contributed by atoms with Gasteiger partial charge in [-0.05, 0) is 31.2 Å². The Morgan fingerprint density at radius 3 is 3.00 bits per heavy atom. The van der Waals surface area contributed by atoms with Crippen molar-refractivity contribution in [1.82, 2.24) is 20.3 Å². The smallest absolute Gasteiger partial charge is 0.251 e. The lowest BCUT2D eigenvalue weighted by Crippen LogP contribution is -2.36. The average Bonchev–Trinajstić information content (AvgIpc) is 3.28. The Bertz CT molecular complexity index is 816. The highest BCUT2D eigenvalue weighted by Crippen LogP contribution is 2.13. The normalized spacial score (nSPS) is 17.5. The molecule has 0 bridgehead atoms. The van der Waals surface area contributed by atoms with Crippen molar-refractivity contribution in [2.75, 3.05) is 19.6 Å². The summed E-state index contributed by atoms with van der Waals surface area (Å²) in [4.78, 5) is 16.5. The van der Waals surface area contributed by atoms with Gasteiger partial charge in [0.1, 0.15) is 0 Å². The van der Waals surface area contributed by atoms with E-state index in [1.165, 1.54) is 23.5 Å². The number of nitrogens with one attached hydrogen (secondary N) is 3. The van der Waals surface area contributed by atoms with Crippen LogP contribution in [0.1, 0.15) is 21.8 Å². The van der Waals surface area contributed by atoms with Gasteiger partial charge in [-0.3, -0.25) is 4.79 Å². The van der Waals surface area contributed by atoms with E-state index < -0.39 is 10.0 Å². The molecule has 3 rings (SSSR count). The van der Waals surface area contributed by atoms with Crippen LogP contribution in [0.2, 0.25) is 0 Å². The predicted octanol–water partition coefficient (Wildman–Crippen LogP) is 0.756. The van der Waals surface area contributed by atoms with Gasteiger partial charge in [0.05, 0.1) is 9.90 Å². The summed E-state index contributed by atoms with van der Waals surface area (Å²) >= 11 is 1.54. The molecule has 7 nitrogen and oxygen atoms in total. The molecule has 1 aliphatic heterocycles. The van der Waals surface area contributed by atoms with Crippen molar-refractivity contribution < 1.29 is 13.2 Å². The molecule has 2 heterocycles. The van der Waals surface area contributed by atoms with Crippen molar-refractivity contribution in [3.05, 3.63) is 46.4 Å². The maximum atomic E-state index is 12.5. The van der Waals surface area contributed by atoms with E-state index >= 15 is 0 Å². The van der Waals surface area contributed by atoms with Gasteiger partial charge in [-0.25, -0.2) is 18.1 Å². The van der Waals surface area contributed by atoms with Crippen LogP contribution in [0.15, 0.2) is 40.7 Å². The zero-order chi connectivity index (χ0) is 17.7. The van der Waals surface area contributed by atoms with Crippen molar-refractivity contribution in [2.24, 2.45) is 0 Å². The largest absolute Gasteiger partial charge is 0.352 e. The number of amides is 1. The third-order valence-electron chi connectivity index (χ3n) is 3.90. The Labute approximate surface area is 150 Å². The first-order valence-corrected chi connectivity index (χ1v) is 10.4. The minimum atomic E-state index is -3.63. The van der Waals surface area contributed by atoms with Crippen LogP contribution in [-0.4, -0.2) is 45.0 Å². The number of hydrogen-bond donors (Lipinski definition) is 3. The van der Waals surface area contributed by atoms with Gasteiger partial charge in [-0.2, -0.15) is 0 Å². The topological polar surface area (TPSA) is 100 Å². The van der Waals surface area contributed by atoms with Crippen LogP contribution in [-0.2, 0) is 16.4 Å². The van der Waals surface area contributed by atoms with Crippen molar-refractivity contribution in [2.45, 2.75) is 23.8 Å². The number of thiazole rings is 1. The number of hydrogen-bond acceptors (Lipinski definition) is 6. The summed E-state index contributed by atoms with van der Waals surface area (Å²) in [6, 6.07) is 5.98. The van der Waals surface area contributed by atoms with Gasteiger partial charge in [0.25, 0.3) is 5.91 Å². The fraction of sp³-hybridized carbons (Fsp3) is 0.375. The third-order valence-corrected chi connectivity index (χ3v) is 6.25. The minimum Gasteiger partial charge on any atom is -0.352 e. The first-order chi connectivity index (χ1) is 12.0. The molecule has 25 heavy (non-hydrogen) atoms. The molecule has 1 aromatic carbocycles. The van der Waals surface area contributed by atoms with E-state index in [1.807, 2.05) is 5.38 Å². The molecular weight excluding hydrogens is 360 g/mol. The van der Waals surface area contributed by atoms with Gasteiger partial charge in [0, 0.05) is 42.7 Å². The van der Waals surface area contributed by atoms with Crippen LogP contribution < -0.4 is 15.4 Å². The highest BCUT2D eigenvalue weighted by molar-refractivity contribution is 7.89. The molecule has 3 N–H and O–H groups in total. The van der Waals surface area contributed by atoms with E-state index in [-0.39, 0.29) is 16.8 Å². The van der Waals surface area contributed by atoms with Crippen LogP contribution in [0.5, 0.6) is 0 Å². The summed E-state index contributed by atoms with van der Waals surface area (Å²) in [6.45, 7) is 1.88. The number of aromatic nitrogens is 1.